The second-order valence-corrected chi connectivity index (χ2v) is 8.51. The SMILES string of the molecule is CC(Sc1nnc2n(C)c(=O)c3ccccc3n12)C(=O)NC(=O)NC1CCCC1. The Balaban J connectivity index is 1.55. The van der Waals surface area contributed by atoms with Crippen molar-refractivity contribution >= 4 is 40.4 Å². The van der Waals surface area contributed by atoms with Crippen LogP contribution in [-0.2, 0) is 11.8 Å². The number of carbonyl (C=O) groups excluding carboxylic acids is 2. The van der Waals surface area contributed by atoms with E-state index >= 15 is 0 Å². The third-order valence-electron chi connectivity index (χ3n) is 5.17. The Morgan fingerprint density at radius 1 is 1.21 bits per heavy atom. The summed E-state index contributed by atoms with van der Waals surface area (Å²) in [7, 11) is 1.64. The van der Waals surface area contributed by atoms with Crippen LogP contribution < -0.4 is 16.2 Å². The zero-order chi connectivity index (χ0) is 20.5. The van der Waals surface area contributed by atoms with Gasteiger partial charge in [0.05, 0.1) is 16.2 Å². The fourth-order valence-corrected chi connectivity index (χ4v) is 4.46. The lowest BCUT2D eigenvalue weighted by atomic mass is 10.2. The van der Waals surface area contributed by atoms with Crippen molar-refractivity contribution < 1.29 is 9.59 Å². The van der Waals surface area contributed by atoms with Gasteiger partial charge in [-0.1, -0.05) is 36.7 Å². The average molecular weight is 414 g/mol. The Labute approximate surface area is 170 Å². The van der Waals surface area contributed by atoms with Crippen LogP contribution in [0.3, 0.4) is 0 Å². The van der Waals surface area contributed by atoms with Crippen LogP contribution in [-0.4, -0.2) is 42.4 Å². The summed E-state index contributed by atoms with van der Waals surface area (Å²) in [5, 5.41) is 14.0. The predicted octanol–water partition coefficient (Wildman–Crippen LogP) is 1.83. The molecule has 9 nitrogen and oxygen atoms in total. The molecule has 152 valence electrons. The van der Waals surface area contributed by atoms with E-state index in [9.17, 15) is 14.4 Å². The number of thioether (sulfide) groups is 1. The van der Waals surface area contributed by atoms with Gasteiger partial charge >= 0.3 is 6.03 Å². The summed E-state index contributed by atoms with van der Waals surface area (Å²) in [6, 6.07) is 6.86. The molecule has 0 aliphatic heterocycles. The van der Waals surface area contributed by atoms with E-state index in [4.69, 9.17) is 0 Å². The molecule has 2 aromatic heterocycles. The van der Waals surface area contributed by atoms with Gasteiger partial charge < -0.3 is 5.32 Å². The number of imide groups is 1. The minimum absolute atomic E-state index is 0.138. The molecule has 2 heterocycles. The molecule has 0 spiro atoms. The standard InChI is InChI=1S/C19H22N6O3S/c1-11(15(26)21-17(28)20-12-7-3-4-8-12)29-19-23-22-18-24(2)16(27)13-9-5-6-10-14(13)25(18)19/h5-6,9-12H,3-4,7-8H2,1-2H3,(H2,20,21,26,28). The summed E-state index contributed by atoms with van der Waals surface area (Å²) < 4.78 is 3.18. The Kier molecular flexibility index (Phi) is 5.27. The maximum Gasteiger partial charge on any atom is 0.321 e. The molecule has 0 saturated heterocycles. The van der Waals surface area contributed by atoms with Gasteiger partial charge in [-0.25, -0.2) is 4.79 Å². The number of carbonyl (C=O) groups is 2. The first kappa shape index (κ1) is 19.4. The zero-order valence-electron chi connectivity index (χ0n) is 16.2. The lowest BCUT2D eigenvalue weighted by Crippen LogP contribution is -2.45. The number of fused-ring (bicyclic) bond motifs is 3. The van der Waals surface area contributed by atoms with Crippen LogP contribution in [0.5, 0.6) is 0 Å². The van der Waals surface area contributed by atoms with E-state index in [1.54, 1.807) is 30.5 Å². The molecule has 10 heteroatoms. The van der Waals surface area contributed by atoms with E-state index in [0.717, 1.165) is 25.7 Å². The van der Waals surface area contributed by atoms with E-state index in [2.05, 4.69) is 20.8 Å². The number of hydrogen-bond donors (Lipinski definition) is 2. The van der Waals surface area contributed by atoms with Gasteiger partial charge in [-0.05, 0) is 31.9 Å². The van der Waals surface area contributed by atoms with Gasteiger partial charge in [0.25, 0.3) is 5.56 Å². The molecule has 0 radical (unpaired) electrons. The van der Waals surface area contributed by atoms with Crippen molar-refractivity contribution in [1.82, 2.24) is 29.8 Å². The molecule has 29 heavy (non-hydrogen) atoms. The fourth-order valence-electron chi connectivity index (χ4n) is 3.60. The molecule has 3 aromatic rings. The molecule has 1 aliphatic carbocycles. The molecule has 1 aromatic carbocycles. The van der Waals surface area contributed by atoms with Crippen LogP contribution in [0.2, 0.25) is 0 Å². The van der Waals surface area contributed by atoms with Crippen LogP contribution in [0.1, 0.15) is 32.6 Å². The highest BCUT2D eigenvalue weighted by atomic mass is 32.2. The van der Waals surface area contributed by atoms with E-state index in [1.165, 1.54) is 16.3 Å². The summed E-state index contributed by atoms with van der Waals surface area (Å²) in [6.45, 7) is 1.70. The van der Waals surface area contributed by atoms with Crippen molar-refractivity contribution in [2.45, 2.75) is 49.1 Å². The normalized spacial score (nSPS) is 15.7. The topological polar surface area (TPSA) is 110 Å². The first-order chi connectivity index (χ1) is 14.0. The highest BCUT2D eigenvalue weighted by Crippen LogP contribution is 2.25. The molecule has 1 fully saturated rings. The first-order valence-electron chi connectivity index (χ1n) is 9.56. The number of para-hydroxylation sites is 1. The predicted molar refractivity (Wildman–Crippen MR) is 110 cm³/mol. The average Bonchev–Trinajstić information content (AvgIpc) is 3.36. The molecule has 1 atom stereocenters. The Morgan fingerprint density at radius 2 is 1.93 bits per heavy atom. The minimum Gasteiger partial charge on any atom is -0.335 e. The number of hydrogen-bond acceptors (Lipinski definition) is 6. The summed E-state index contributed by atoms with van der Waals surface area (Å²) in [5.41, 5.74) is 0.510. The van der Waals surface area contributed by atoms with Gasteiger partial charge in [-0.15, -0.1) is 10.2 Å². The summed E-state index contributed by atoms with van der Waals surface area (Å²) >= 11 is 1.18. The Hall–Kier alpha value is -2.88. The first-order valence-corrected chi connectivity index (χ1v) is 10.4. The molecule has 1 saturated carbocycles. The molecule has 2 N–H and O–H groups in total. The Bertz CT molecular complexity index is 1150. The van der Waals surface area contributed by atoms with E-state index in [0.29, 0.717) is 21.8 Å². The number of amides is 3. The van der Waals surface area contributed by atoms with Crippen molar-refractivity contribution in [2.75, 3.05) is 0 Å². The van der Waals surface area contributed by atoms with E-state index in [1.807, 2.05) is 12.1 Å². The fraction of sp³-hybridized carbons (Fsp3) is 0.421. The van der Waals surface area contributed by atoms with Gasteiger partial charge in [-0.2, -0.15) is 0 Å². The highest BCUT2D eigenvalue weighted by molar-refractivity contribution is 8.00. The van der Waals surface area contributed by atoms with Crippen LogP contribution in [0, 0.1) is 0 Å². The number of rotatable bonds is 4. The number of nitrogens with one attached hydrogen (secondary N) is 2. The zero-order valence-corrected chi connectivity index (χ0v) is 17.0. The van der Waals surface area contributed by atoms with Crippen LogP contribution >= 0.6 is 11.8 Å². The molecular formula is C19H22N6O3S. The second kappa shape index (κ2) is 7.86. The third kappa shape index (κ3) is 3.71. The highest BCUT2D eigenvalue weighted by Gasteiger charge is 2.23. The van der Waals surface area contributed by atoms with Crippen molar-refractivity contribution in [1.29, 1.82) is 0 Å². The second-order valence-electron chi connectivity index (χ2n) is 7.20. The lowest BCUT2D eigenvalue weighted by Gasteiger charge is -2.14. The quantitative estimate of drug-likeness (QED) is 0.630. The third-order valence-corrected chi connectivity index (χ3v) is 6.22. The van der Waals surface area contributed by atoms with Gasteiger partial charge in [0.15, 0.2) is 5.16 Å². The monoisotopic (exact) mass is 414 g/mol. The lowest BCUT2D eigenvalue weighted by molar-refractivity contribution is -0.119. The number of benzene rings is 1. The van der Waals surface area contributed by atoms with E-state index < -0.39 is 17.2 Å². The number of aryl methyl sites for hydroxylation is 1. The smallest absolute Gasteiger partial charge is 0.321 e. The van der Waals surface area contributed by atoms with Crippen LogP contribution in [0.15, 0.2) is 34.2 Å². The molecule has 1 unspecified atom stereocenters. The van der Waals surface area contributed by atoms with Crippen LogP contribution in [0.25, 0.3) is 16.7 Å². The van der Waals surface area contributed by atoms with Crippen molar-refractivity contribution in [3.05, 3.63) is 34.6 Å². The number of aromatic nitrogens is 4. The maximum atomic E-state index is 12.5. The van der Waals surface area contributed by atoms with E-state index in [-0.39, 0.29) is 11.6 Å². The summed E-state index contributed by atoms with van der Waals surface area (Å²) in [6.07, 6.45) is 4.09. The number of urea groups is 1. The van der Waals surface area contributed by atoms with Gasteiger partial charge in [0.2, 0.25) is 11.7 Å². The summed E-state index contributed by atoms with van der Waals surface area (Å²) in [4.78, 5) is 37.0. The van der Waals surface area contributed by atoms with Gasteiger partial charge in [0, 0.05) is 13.1 Å². The molecular weight excluding hydrogens is 392 g/mol. The van der Waals surface area contributed by atoms with Crippen molar-refractivity contribution in [3.8, 4) is 0 Å². The maximum absolute atomic E-state index is 12.5. The largest absolute Gasteiger partial charge is 0.335 e. The van der Waals surface area contributed by atoms with Crippen LogP contribution in [0.4, 0.5) is 4.79 Å². The molecule has 1 aliphatic rings. The van der Waals surface area contributed by atoms with Crippen molar-refractivity contribution in [3.63, 3.8) is 0 Å². The molecule has 3 amide bonds. The number of nitrogens with zero attached hydrogens (tertiary/aromatic N) is 4. The van der Waals surface area contributed by atoms with Gasteiger partial charge in [-0.3, -0.25) is 23.9 Å². The minimum atomic E-state index is -0.576. The van der Waals surface area contributed by atoms with Gasteiger partial charge in [0.1, 0.15) is 0 Å². The molecule has 4 rings (SSSR count). The molecule has 0 bridgehead atoms. The van der Waals surface area contributed by atoms with Crippen molar-refractivity contribution in [2.24, 2.45) is 7.05 Å². The Morgan fingerprint density at radius 3 is 2.69 bits per heavy atom. The summed E-state index contributed by atoms with van der Waals surface area (Å²) in [5.74, 6) is -0.0147.